The van der Waals surface area contributed by atoms with Crippen LogP contribution in [0.1, 0.15) is 24.8 Å². The molecule has 0 unspecified atom stereocenters. The summed E-state index contributed by atoms with van der Waals surface area (Å²) in [4.78, 5) is 36.4. The molecular formula is C19H17N3O4. The summed E-state index contributed by atoms with van der Waals surface area (Å²) >= 11 is 0. The summed E-state index contributed by atoms with van der Waals surface area (Å²) in [5.74, 6) is -0.717. The predicted molar refractivity (Wildman–Crippen MR) is 96.2 cm³/mol. The number of fused-ring (bicyclic) bond motifs is 2. The highest BCUT2D eigenvalue weighted by Crippen LogP contribution is 2.35. The van der Waals surface area contributed by atoms with Crippen LogP contribution in [0.2, 0.25) is 0 Å². The van der Waals surface area contributed by atoms with Gasteiger partial charge in [0, 0.05) is 17.8 Å². The Balaban J connectivity index is 1.57. The fourth-order valence-corrected chi connectivity index (χ4v) is 3.16. The van der Waals surface area contributed by atoms with Gasteiger partial charge < -0.3 is 20.7 Å². The Morgan fingerprint density at radius 1 is 1.12 bits per heavy atom. The van der Waals surface area contributed by atoms with Crippen molar-refractivity contribution >= 4 is 34.8 Å². The second-order valence-electron chi connectivity index (χ2n) is 6.34. The second-order valence-corrected chi connectivity index (χ2v) is 6.34. The second kappa shape index (κ2) is 6.18. The lowest BCUT2D eigenvalue weighted by Gasteiger charge is -2.26. The molecule has 3 amide bonds. The van der Waals surface area contributed by atoms with Crippen LogP contribution in [0.5, 0.6) is 5.75 Å². The zero-order valence-corrected chi connectivity index (χ0v) is 14.0. The monoisotopic (exact) mass is 351 g/mol. The minimum absolute atomic E-state index is 0.0884. The summed E-state index contributed by atoms with van der Waals surface area (Å²) in [5, 5.41) is 8.35. The van der Waals surface area contributed by atoms with Gasteiger partial charge in [-0.1, -0.05) is 18.2 Å². The van der Waals surface area contributed by atoms with Crippen LogP contribution in [0.15, 0.2) is 42.5 Å². The van der Waals surface area contributed by atoms with Gasteiger partial charge >= 0.3 is 0 Å². The Morgan fingerprint density at radius 3 is 2.77 bits per heavy atom. The average molecular weight is 351 g/mol. The van der Waals surface area contributed by atoms with E-state index in [-0.39, 0.29) is 24.1 Å². The number of amides is 3. The van der Waals surface area contributed by atoms with Crippen molar-refractivity contribution in [2.24, 2.45) is 0 Å². The fraction of sp³-hybridized carbons (Fsp3) is 0.211. The van der Waals surface area contributed by atoms with Crippen LogP contribution in [0, 0.1) is 0 Å². The zero-order valence-electron chi connectivity index (χ0n) is 14.0. The Kier molecular flexibility index (Phi) is 3.84. The smallest absolute Gasteiger partial charge is 0.265 e. The minimum Gasteiger partial charge on any atom is -0.479 e. The number of carbonyl (C=O) groups is 3. The van der Waals surface area contributed by atoms with E-state index in [1.54, 1.807) is 31.2 Å². The zero-order chi connectivity index (χ0) is 18.3. The summed E-state index contributed by atoms with van der Waals surface area (Å²) in [6, 6.07) is 12.3. The van der Waals surface area contributed by atoms with Gasteiger partial charge in [-0.15, -0.1) is 0 Å². The van der Waals surface area contributed by atoms with Crippen molar-refractivity contribution in [1.29, 1.82) is 0 Å². The maximum Gasteiger partial charge on any atom is 0.265 e. The van der Waals surface area contributed by atoms with Crippen LogP contribution in [0.4, 0.5) is 17.1 Å². The summed E-state index contributed by atoms with van der Waals surface area (Å²) in [6.45, 7) is 1.67. The summed E-state index contributed by atoms with van der Waals surface area (Å²) < 4.78 is 5.50. The van der Waals surface area contributed by atoms with E-state index in [0.717, 1.165) is 5.56 Å². The van der Waals surface area contributed by atoms with Gasteiger partial charge in [-0.25, -0.2) is 0 Å². The Hall–Kier alpha value is -3.35. The number of hydrogen-bond acceptors (Lipinski definition) is 4. The molecule has 0 saturated carbocycles. The van der Waals surface area contributed by atoms with Crippen molar-refractivity contribution < 1.29 is 19.1 Å². The normalized spacial score (nSPS) is 20.8. The molecule has 0 radical (unpaired) electrons. The molecule has 2 aliphatic heterocycles. The van der Waals surface area contributed by atoms with Crippen LogP contribution >= 0.6 is 0 Å². The molecule has 0 saturated heterocycles. The third-order valence-corrected chi connectivity index (χ3v) is 4.49. The molecular weight excluding hydrogens is 334 g/mol. The average Bonchev–Trinajstić information content (AvgIpc) is 2.62. The molecule has 26 heavy (non-hydrogen) atoms. The van der Waals surface area contributed by atoms with Gasteiger partial charge in [0.1, 0.15) is 5.75 Å². The van der Waals surface area contributed by atoms with Crippen molar-refractivity contribution in [3.8, 4) is 5.75 Å². The van der Waals surface area contributed by atoms with Gasteiger partial charge in [-0.2, -0.15) is 0 Å². The van der Waals surface area contributed by atoms with Crippen LogP contribution in [-0.4, -0.2) is 23.8 Å². The van der Waals surface area contributed by atoms with E-state index < -0.39 is 12.0 Å². The maximum atomic E-state index is 12.8. The topological polar surface area (TPSA) is 96.5 Å². The predicted octanol–water partition coefficient (Wildman–Crippen LogP) is 2.47. The molecule has 0 fully saturated rings. The molecule has 0 aromatic heterocycles. The molecule has 2 aliphatic rings. The minimum atomic E-state index is -0.568. The van der Waals surface area contributed by atoms with Gasteiger partial charge in [0.25, 0.3) is 5.91 Å². The van der Waals surface area contributed by atoms with Crippen LogP contribution < -0.4 is 20.7 Å². The van der Waals surface area contributed by atoms with E-state index in [1.165, 1.54) is 0 Å². The summed E-state index contributed by atoms with van der Waals surface area (Å²) in [7, 11) is 0. The van der Waals surface area contributed by atoms with Crippen molar-refractivity contribution in [2.75, 3.05) is 16.0 Å². The highest BCUT2D eigenvalue weighted by atomic mass is 16.5. The quantitative estimate of drug-likeness (QED) is 0.774. The first-order valence-corrected chi connectivity index (χ1v) is 8.32. The first kappa shape index (κ1) is 16.1. The SMILES string of the molecule is C[C@@H]1Oc2ccc(NC(=O)[C@@H]3CC(=O)Nc4ccccc43)cc2NC1=O. The molecule has 0 bridgehead atoms. The molecule has 7 nitrogen and oxygen atoms in total. The first-order valence-electron chi connectivity index (χ1n) is 8.32. The molecule has 2 aromatic carbocycles. The molecule has 132 valence electrons. The summed E-state index contributed by atoms with van der Waals surface area (Å²) in [6.07, 6.45) is -0.467. The number of benzene rings is 2. The van der Waals surface area contributed by atoms with Gasteiger partial charge in [-0.3, -0.25) is 14.4 Å². The Bertz CT molecular complexity index is 925. The molecule has 3 N–H and O–H groups in total. The lowest BCUT2D eigenvalue weighted by Crippen LogP contribution is -2.34. The number of rotatable bonds is 2. The Morgan fingerprint density at radius 2 is 1.92 bits per heavy atom. The van der Waals surface area contributed by atoms with E-state index in [0.29, 0.717) is 22.8 Å². The van der Waals surface area contributed by atoms with Gasteiger partial charge in [0.15, 0.2) is 6.10 Å². The van der Waals surface area contributed by atoms with E-state index in [2.05, 4.69) is 16.0 Å². The highest BCUT2D eigenvalue weighted by molar-refractivity contribution is 6.05. The van der Waals surface area contributed by atoms with Crippen LogP contribution in [-0.2, 0) is 14.4 Å². The van der Waals surface area contributed by atoms with Crippen LogP contribution in [0.3, 0.4) is 0 Å². The molecule has 2 aromatic rings. The van der Waals surface area contributed by atoms with E-state index in [4.69, 9.17) is 4.74 Å². The number of anilines is 3. The van der Waals surface area contributed by atoms with Gasteiger partial charge in [0.2, 0.25) is 11.8 Å². The van der Waals surface area contributed by atoms with Gasteiger partial charge in [-0.05, 0) is 36.8 Å². The number of hydrogen-bond donors (Lipinski definition) is 3. The molecule has 7 heteroatoms. The molecule has 2 atom stereocenters. The lowest BCUT2D eigenvalue weighted by molar-refractivity contribution is -0.123. The highest BCUT2D eigenvalue weighted by Gasteiger charge is 2.31. The van der Waals surface area contributed by atoms with Crippen molar-refractivity contribution in [2.45, 2.75) is 25.4 Å². The molecule has 4 rings (SSSR count). The van der Waals surface area contributed by atoms with Crippen LogP contribution in [0.25, 0.3) is 0 Å². The third-order valence-electron chi connectivity index (χ3n) is 4.49. The number of ether oxygens (including phenoxy) is 1. The first-order chi connectivity index (χ1) is 12.5. The number of para-hydroxylation sites is 1. The molecule has 0 aliphatic carbocycles. The largest absolute Gasteiger partial charge is 0.479 e. The molecule has 2 heterocycles. The van der Waals surface area contributed by atoms with Crippen molar-refractivity contribution in [1.82, 2.24) is 0 Å². The standard InChI is InChI=1S/C19H17N3O4/c1-10-18(24)22-15-8-11(6-7-16(15)26-10)20-19(25)13-9-17(23)21-14-5-3-2-4-12(13)14/h2-8,10,13H,9H2,1H3,(H,20,25)(H,21,23)(H,22,24)/t10-,13+/m0/s1. The number of nitrogens with one attached hydrogen (secondary N) is 3. The lowest BCUT2D eigenvalue weighted by atomic mass is 9.90. The van der Waals surface area contributed by atoms with Gasteiger partial charge in [0.05, 0.1) is 11.6 Å². The number of carbonyl (C=O) groups excluding carboxylic acids is 3. The van der Waals surface area contributed by atoms with E-state index in [9.17, 15) is 14.4 Å². The van der Waals surface area contributed by atoms with E-state index >= 15 is 0 Å². The maximum absolute atomic E-state index is 12.8. The fourth-order valence-electron chi connectivity index (χ4n) is 3.16. The molecule has 0 spiro atoms. The van der Waals surface area contributed by atoms with Crippen molar-refractivity contribution in [3.63, 3.8) is 0 Å². The third kappa shape index (κ3) is 2.88. The Labute approximate surface area is 149 Å². The van der Waals surface area contributed by atoms with E-state index in [1.807, 2.05) is 18.2 Å². The van der Waals surface area contributed by atoms with Crippen molar-refractivity contribution in [3.05, 3.63) is 48.0 Å². The summed E-state index contributed by atoms with van der Waals surface area (Å²) in [5.41, 5.74) is 2.47.